The number of hydrogen-bond donors (Lipinski definition) is 1. The van der Waals surface area contributed by atoms with Crippen LogP contribution >= 0.6 is 11.3 Å². The monoisotopic (exact) mass is 450 g/mol. The molecule has 32 heavy (non-hydrogen) atoms. The van der Waals surface area contributed by atoms with Gasteiger partial charge in [0.25, 0.3) is 5.91 Å². The van der Waals surface area contributed by atoms with Gasteiger partial charge in [-0.05, 0) is 48.7 Å². The number of anilines is 1. The predicted molar refractivity (Wildman–Crippen MR) is 122 cm³/mol. The van der Waals surface area contributed by atoms with Crippen LogP contribution in [0.5, 0.6) is 17.2 Å². The number of benzene rings is 2. The van der Waals surface area contributed by atoms with E-state index in [1.165, 1.54) is 30.0 Å². The van der Waals surface area contributed by atoms with E-state index >= 15 is 0 Å². The van der Waals surface area contributed by atoms with E-state index in [0.29, 0.717) is 35.4 Å². The maximum atomic E-state index is 12.3. The Balaban J connectivity index is 1.64. The molecule has 2 aromatic carbocycles. The number of carbonyl (C=O) groups excluding carboxylic acids is 1. The number of aryl methyl sites for hydroxylation is 2. The normalized spacial score (nSPS) is 10.9. The predicted octanol–water partition coefficient (Wildman–Crippen LogP) is 4.17. The minimum atomic E-state index is -0.563. The summed E-state index contributed by atoms with van der Waals surface area (Å²) in [6.07, 6.45) is 1.47. The van der Waals surface area contributed by atoms with Crippen LogP contribution in [0.3, 0.4) is 0 Å². The molecule has 164 valence electrons. The minimum absolute atomic E-state index is 0.0714. The lowest BCUT2D eigenvalue weighted by molar-refractivity contribution is -0.112. The smallest absolute Gasteiger partial charge is 0.268 e. The fraction of sp³-hybridized carbons (Fsp3) is 0.217. The van der Waals surface area contributed by atoms with Crippen molar-refractivity contribution >= 4 is 28.5 Å². The molecule has 1 N–H and O–H groups in total. The first-order chi connectivity index (χ1) is 15.5. The highest BCUT2D eigenvalue weighted by molar-refractivity contribution is 7.13. The van der Waals surface area contributed by atoms with E-state index in [4.69, 9.17) is 14.2 Å². The third-order valence-corrected chi connectivity index (χ3v) is 5.05. The molecule has 0 saturated carbocycles. The summed E-state index contributed by atoms with van der Waals surface area (Å²) < 4.78 is 17.1. The standard InChI is InChI=1S/C23H22N4O4S/c1-15-5-4-6-16(2)21(15)31-10-9-30-19-8-7-17(12-20(19)29-3)11-18(13-24)22(28)26-23-27-25-14-32-23/h4-8,11-12,14H,9-10H2,1-3H3,(H,26,27,28)/b18-11+. The highest BCUT2D eigenvalue weighted by Crippen LogP contribution is 2.29. The molecule has 3 aromatic rings. The second-order valence-corrected chi connectivity index (χ2v) is 7.53. The number of para-hydroxylation sites is 1. The van der Waals surface area contributed by atoms with Gasteiger partial charge >= 0.3 is 0 Å². The number of nitriles is 1. The van der Waals surface area contributed by atoms with Gasteiger partial charge in [0.15, 0.2) is 11.5 Å². The van der Waals surface area contributed by atoms with E-state index in [1.807, 2.05) is 38.1 Å². The minimum Gasteiger partial charge on any atom is -0.493 e. The van der Waals surface area contributed by atoms with Crippen LogP contribution in [-0.4, -0.2) is 36.4 Å². The topological polar surface area (TPSA) is 106 Å². The van der Waals surface area contributed by atoms with Crippen molar-refractivity contribution in [3.8, 4) is 23.3 Å². The number of nitrogens with zero attached hydrogens (tertiary/aromatic N) is 3. The number of aromatic nitrogens is 2. The first-order valence-corrected chi connectivity index (χ1v) is 10.6. The molecule has 0 aliphatic heterocycles. The molecule has 8 nitrogen and oxygen atoms in total. The molecular formula is C23H22N4O4S. The summed E-state index contributed by atoms with van der Waals surface area (Å²) in [5.74, 6) is 1.31. The molecule has 0 atom stereocenters. The van der Waals surface area contributed by atoms with Gasteiger partial charge in [0, 0.05) is 0 Å². The van der Waals surface area contributed by atoms with Crippen LogP contribution in [0.2, 0.25) is 0 Å². The molecule has 1 amide bonds. The van der Waals surface area contributed by atoms with Crippen LogP contribution < -0.4 is 19.5 Å². The van der Waals surface area contributed by atoms with Gasteiger partial charge in [0.1, 0.15) is 36.1 Å². The van der Waals surface area contributed by atoms with Crippen molar-refractivity contribution in [2.24, 2.45) is 0 Å². The maximum Gasteiger partial charge on any atom is 0.268 e. The van der Waals surface area contributed by atoms with E-state index in [9.17, 15) is 10.1 Å². The second-order valence-electron chi connectivity index (χ2n) is 6.70. The van der Waals surface area contributed by atoms with Crippen molar-refractivity contribution in [1.82, 2.24) is 10.2 Å². The number of hydrogen-bond acceptors (Lipinski definition) is 8. The fourth-order valence-electron chi connectivity index (χ4n) is 2.92. The first kappa shape index (κ1) is 22.8. The van der Waals surface area contributed by atoms with Gasteiger partial charge in [-0.3, -0.25) is 10.1 Å². The van der Waals surface area contributed by atoms with Gasteiger partial charge in [-0.1, -0.05) is 35.6 Å². The largest absolute Gasteiger partial charge is 0.493 e. The molecule has 1 heterocycles. The molecule has 9 heteroatoms. The van der Waals surface area contributed by atoms with Gasteiger partial charge < -0.3 is 14.2 Å². The molecule has 0 fully saturated rings. The molecule has 1 aromatic heterocycles. The summed E-state index contributed by atoms with van der Waals surface area (Å²) in [6.45, 7) is 4.71. The molecule has 0 spiro atoms. The van der Waals surface area contributed by atoms with E-state index in [0.717, 1.165) is 16.9 Å². The number of methoxy groups -OCH3 is 1. The van der Waals surface area contributed by atoms with Crippen LogP contribution in [0.25, 0.3) is 6.08 Å². The van der Waals surface area contributed by atoms with Crippen LogP contribution in [-0.2, 0) is 4.79 Å². The molecular weight excluding hydrogens is 428 g/mol. The summed E-state index contributed by atoms with van der Waals surface area (Å²) in [4.78, 5) is 12.3. The Kier molecular flexibility index (Phi) is 7.78. The van der Waals surface area contributed by atoms with Crippen molar-refractivity contribution in [3.63, 3.8) is 0 Å². The number of rotatable bonds is 9. The molecule has 0 unspecified atom stereocenters. The molecule has 0 bridgehead atoms. The Morgan fingerprint density at radius 1 is 1.16 bits per heavy atom. The number of carbonyl (C=O) groups is 1. The second kappa shape index (κ2) is 10.9. The number of ether oxygens (including phenoxy) is 3. The fourth-order valence-corrected chi connectivity index (χ4v) is 3.36. The Morgan fingerprint density at radius 2 is 1.91 bits per heavy atom. The highest BCUT2D eigenvalue weighted by atomic mass is 32.1. The summed E-state index contributed by atoms with van der Waals surface area (Å²) in [5, 5.41) is 19.6. The van der Waals surface area contributed by atoms with Gasteiger partial charge in [-0.2, -0.15) is 5.26 Å². The summed E-state index contributed by atoms with van der Waals surface area (Å²) in [5.41, 5.74) is 4.18. The van der Waals surface area contributed by atoms with Gasteiger partial charge in [0.05, 0.1) is 7.11 Å². The van der Waals surface area contributed by atoms with Crippen LogP contribution in [0.4, 0.5) is 5.13 Å². The quantitative estimate of drug-likeness (QED) is 0.296. The van der Waals surface area contributed by atoms with E-state index in [1.54, 1.807) is 18.2 Å². The van der Waals surface area contributed by atoms with Crippen molar-refractivity contribution in [2.45, 2.75) is 13.8 Å². The zero-order valence-electron chi connectivity index (χ0n) is 17.9. The maximum absolute atomic E-state index is 12.3. The lowest BCUT2D eigenvalue weighted by Gasteiger charge is -2.14. The first-order valence-electron chi connectivity index (χ1n) is 9.71. The van der Waals surface area contributed by atoms with Gasteiger partial charge in [-0.25, -0.2) is 0 Å². The number of nitrogens with one attached hydrogen (secondary N) is 1. The lowest BCUT2D eigenvalue weighted by Crippen LogP contribution is -2.13. The Hall–Kier alpha value is -3.90. The van der Waals surface area contributed by atoms with E-state index in [-0.39, 0.29) is 5.57 Å². The van der Waals surface area contributed by atoms with Crippen molar-refractivity contribution in [2.75, 3.05) is 25.6 Å². The van der Waals surface area contributed by atoms with Crippen molar-refractivity contribution < 1.29 is 19.0 Å². The van der Waals surface area contributed by atoms with Gasteiger partial charge in [-0.15, -0.1) is 10.2 Å². The van der Waals surface area contributed by atoms with E-state index in [2.05, 4.69) is 15.5 Å². The Bertz CT molecular complexity index is 1130. The van der Waals surface area contributed by atoms with Gasteiger partial charge in [0.2, 0.25) is 5.13 Å². The summed E-state index contributed by atoms with van der Waals surface area (Å²) in [7, 11) is 1.52. The van der Waals surface area contributed by atoms with E-state index < -0.39 is 5.91 Å². The SMILES string of the molecule is COc1cc(/C=C(\C#N)C(=O)Nc2nncs2)ccc1OCCOc1c(C)cccc1C. The third kappa shape index (κ3) is 5.83. The van der Waals surface area contributed by atoms with Crippen molar-refractivity contribution in [1.29, 1.82) is 5.26 Å². The molecule has 3 rings (SSSR count). The van der Waals surface area contributed by atoms with Crippen LogP contribution in [0.1, 0.15) is 16.7 Å². The van der Waals surface area contributed by atoms with Crippen LogP contribution in [0, 0.1) is 25.2 Å². The average Bonchev–Trinajstić information content (AvgIpc) is 3.30. The summed E-state index contributed by atoms with van der Waals surface area (Å²) >= 11 is 1.17. The Labute approximate surface area is 190 Å². The van der Waals surface area contributed by atoms with Crippen molar-refractivity contribution in [3.05, 3.63) is 64.2 Å². The average molecular weight is 451 g/mol. The molecule has 0 saturated heterocycles. The molecule has 0 aliphatic carbocycles. The zero-order chi connectivity index (χ0) is 22.9. The number of amides is 1. The molecule has 0 aliphatic rings. The zero-order valence-corrected chi connectivity index (χ0v) is 18.7. The lowest BCUT2D eigenvalue weighted by atomic mass is 10.1. The Morgan fingerprint density at radius 3 is 2.56 bits per heavy atom. The summed E-state index contributed by atoms with van der Waals surface area (Å²) in [6, 6.07) is 13.0. The highest BCUT2D eigenvalue weighted by Gasteiger charge is 2.12. The third-order valence-electron chi connectivity index (χ3n) is 4.44. The van der Waals surface area contributed by atoms with Crippen LogP contribution in [0.15, 0.2) is 47.5 Å². The molecule has 0 radical (unpaired) electrons.